The molecule has 2 aromatic carbocycles. The van der Waals surface area contributed by atoms with Gasteiger partial charge in [-0.25, -0.2) is 4.39 Å². The van der Waals surface area contributed by atoms with Crippen LogP contribution < -0.4 is 10.1 Å². The number of hydrogen-bond acceptors (Lipinski definition) is 3. The SMILES string of the molecule is CC/C=C\C=C(/C)[C@@H](COCCNC)Oc1ccccc1-c1ccc(F)cc1. The predicted octanol–water partition coefficient (Wildman–Crippen LogP) is 5.39. The summed E-state index contributed by atoms with van der Waals surface area (Å²) in [6.45, 7) is 6.02. The van der Waals surface area contributed by atoms with Crippen LogP contribution in [0.15, 0.2) is 72.3 Å². The summed E-state index contributed by atoms with van der Waals surface area (Å²) in [5.74, 6) is 0.503. The summed E-state index contributed by atoms with van der Waals surface area (Å²) in [5.41, 5.74) is 2.93. The monoisotopic (exact) mass is 383 g/mol. The van der Waals surface area contributed by atoms with E-state index in [1.54, 1.807) is 12.1 Å². The van der Waals surface area contributed by atoms with Crippen LogP contribution in [-0.4, -0.2) is 32.9 Å². The number of halogens is 1. The van der Waals surface area contributed by atoms with Gasteiger partial charge in [0, 0.05) is 12.1 Å². The Hall–Kier alpha value is -2.43. The lowest BCUT2D eigenvalue weighted by Crippen LogP contribution is -2.26. The number of allylic oxidation sites excluding steroid dienone is 3. The summed E-state index contributed by atoms with van der Waals surface area (Å²) in [6.07, 6.45) is 7.00. The molecule has 28 heavy (non-hydrogen) atoms. The third-order valence-corrected chi connectivity index (χ3v) is 4.32. The van der Waals surface area contributed by atoms with E-state index in [2.05, 4.69) is 24.4 Å². The Bertz CT molecular complexity index is 768. The van der Waals surface area contributed by atoms with Crippen LogP contribution in [0.1, 0.15) is 20.3 Å². The first kappa shape index (κ1) is 21.9. The Morgan fingerprint density at radius 1 is 1.14 bits per heavy atom. The zero-order valence-electron chi connectivity index (χ0n) is 17.0. The minimum Gasteiger partial charge on any atom is -0.483 e. The van der Waals surface area contributed by atoms with Crippen molar-refractivity contribution in [3.05, 3.63) is 78.1 Å². The fourth-order valence-corrected chi connectivity index (χ4v) is 2.68. The maximum absolute atomic E-state index is 13.3. The molecule has 2 rings (SSSR count). The molecule has 0 aliphatic rings. The summed E-state index contributed by atoms with van der Waals surface area (Å²) in [5, 5.41) is 3.08. The quantitative estimate of drug-likeness (QED) is 0.417. The third kappa shape index (κ3) is 6.95. The smallest absolute Gasteiger partial charge is 0.143 e. The molecule has 0 saturated heterocycles. The molecule has 150 valence electrons. The Balaban J connectivity index is 2.23. The van der Waals surface area contributed by atoms with Crippen LogP contribution in [-0.2, 0) is 4.74 Å². The second-order valence-electron chi connectivity index (χ2n) is 6.54. The fraction of sp³-hybridized carbons (Fsp3) is 0.333. The number of rotatable bonds is 11. The van der Waals surface area contributed by atoms with E-state index in [9.17, 15) is 4.39 Å². The first-order valence-electron chi connectivity index (χ1n) is 9.73. The third-order valence-electron chi connectivity index (χ3n) is 4.32. The van der Waals surface area contributed by atoms with Crippen molar-refractivity contribution in [2.24, 2.45) is 0 Å². The highest BCUT2D eigenvalue weighted by atomic mass is 19.1. The molecule has 0 unspecified atom stereocenters. The van der Waals surface area contributed by atoms with Gasteiger partial charge in [-0.05, 0) is 49.7 Å². The molecule has 0 spiro atoms. The normalized spacial score (nSPS) is 13.1. The molecule has 3 nitrogen and oxygen atoms in total. The van der Waals surface area contributed by atoms with Crippen molar-refractivity contribution in [3.8, 4) is 16.9 Å². The van der Waals surface area contributed by atoms with E-state index in [1.165, 1.54) is 12.1 Å². The van der Waals surface area contributed by atoms with Gasteiger partial charge in [0.2, 0.25) is 0 Å². The lowest BCUT2D eigenvalue weighted by molar-refractivity contribution is 0.0684. The molecule has 0 saturated carbocycles. The Morgan fingerprint density at radius 3 is 2.61 bits per heavy atom. The highest BCUT2D eigenvalue weighted by Crippen LogP contribution is 2.31. The lowest BCUT2D eigenvalue weighted by atomic mass is 10.0. The van der Waals surface area contributed by atoms with Crippen LogP contribution in [0.25, 0.3) is 11.1 Å². The second kappa shape index (κ2) is 12.1. The van der Waals surface area contributed by atoms with Crippen LogP contribution in [0.4, 0.5) is 4.39 Å². The molecule has 0 heterocycles. The van der Waals surface area contributed by atoms with E-state index in [-0.39, 0.29) is 11.9 Å². The number of hydrogen-bond donors (Lipinski definition) is 1. The average molecular weight is 384 g/mol. The molecule has 1 N–H and O–H groups in total. The van der Waals surface area contributed by atoms with E-state index >= 15 is 0 Å². The van der Waals surface area contributed by atoms with Crippen molar-refractivity contribution < 1.29 is 13.9 Å². The number of para-hydroxylation sites is 1. The summed E-state index contributed by atoms with van der Waals surface area (Å²) in [6, 6.07) is 14.3. The molecule has 1 atom stereocenters. The van der Waals surface area contributed by atoms with Gasteiger partial charge in [0.25, 0.3) is 0 Å². The van der Waals surface area contributed by atoms with Gasteiger partial charge in [0.1, 0.15) is 17.7 Å². The van der Waals surface area contributed by atoms with Crippen LogP contribution >= 0.6 is 0 Å². The minimum absolute atomic E-state index is 0.208. The van der Waals surface area contributed by atoms with E-state index in [0.29, 0.717) is 13.2 Å². The average Bonchev–Trinajstić information content (AvgIpc) is 2.71. The van der Waals surface area contributed by atoms with E-state index in [1.807, 2.05) is 44.3 Å². The maximum Gasteiger partial charge on any atom is 0.143 e. The minimum atomic E-state index is -0.251. The zero-order chi connectivity index (χ0) is 20.2. The number of benzene rings is 2. The van der Waals surface area contributed by atoms with Crippen molar-refractivity contribution in [3.63, 3.8) is 0 Å². The Morgan fingerprint density at radius 2 is 1.89 bits per heavy atom. The number of ether oxygens (including phenoxy) is 2. The highest BCUT2D eigenvalue weighted by Gasteiger charge is 2.16. The maximum atomic E-state index is 13.3. The largest absolute Gasteiger partial charge is 0.483 e. The van der Waals surface area contributed by atoms with Gasteiger partial charge >= 0.3 is 0 Å². The van der Waals surface area contributed by atoms with E-state index in [0.717, 1.165) is 35.4 Å². The van der Waals surface area contributed by atoms with Crippen molar-refractivity contribution in [2.45, 2.75) is 26.4 Å². The van der Waals surface area contributed by atoms with Crippen molar-refractivity contribution in [1.29, 1.82) is 0 Å². The molecule has 0 fully saturated rings. The van der Waals surface area contributed by atoms with Gasteiger partial charge in [-0.3, -0.25) is 0 Å². The second-order valence-corrected chi connectivity index (χ2v) is 6.54. The van der Waals surface area contributed by atoms with E-state index < -0.39 is 0 Å². The van der Waals surface area contributed by atoms with Crippen molar-refractivity contribution in [1.82, 2.24) is 5.32 Å². The molecule has 0 aliphatic carbocycles. The van der Waals surface area contributed by atoms with Crippen LogP contribution in [0, 0.1) is 5.82 Å². The summed E-state index contributed by atoms with van der Waals surface area (Å²) in [4.78, 5) is 0. The molecule has 0 aromatic heterocycles. The lowest BCUT2D eigenvalue weighted by Gasteiger charge is -2.22. The summed E-state index contributed by atoms with van der Waals surface area (Å²) in [7, 11) is 1.90. The van der Waals surface area contributed by atoms with Gasteiger partial charge in [-0.1, -0.05) is 55.5 Å². The Kier molecular flexibility index (Phi) is 9.46. The number of likely N-dealkylation sites (N-methyl/N-ethyl adjacent to an activating group) is 1. The number of nitrogens with one attached hydrogen (secondary N) is 1. The molecule has 0 bridgehead atoms. The first-order valence-corrected chi connectivity index (χ1v) is 9.73. The topological polar surface area (TPSA) is 30.5 Å². The first-order chi connectivity index (χ1) is 13.7. The van der Waals surface area contributed by atoms with Crippen molar-refractivity contribution >= 4 is 0 Å². The van der Waals surface area contributed by atoms with Gasteiger partial charge in [-0.15, -0.1) is 0 Å². The van der Waals surface area contributed by atoms with Crippen molar-refractivity contribution in [2.75, 3.05) is 26.8 Å². The molecule has 2 aromatic rings. The predicted molar refractivity (Wildman–Crippen MR) is 114 cm³/mol. The summed E-state index contributed by atoms with van der Waals surface area (Å²) < 4.78 is 25.5. The van der Waals surface area contributed by atoms with E-state index in [4.69, 9.17) is 9.47 Å². The van der Waals surface area contributed by atoms with Gasteiger partial charge in [0.05, 0.1) is 13.2 Å². The molecule has 0 radical (unpaired) electrons. The molecular weight excluding hydrogens is 353 g/mol. The fourth-order valence-electron chi connectivity index (χ4n) is 2.68. The van der Waals surface area contributed by atoms with Crippen LogP contribution in [0.3, 0.4) is 0 Å². The van der Waals surface area contributed by atoms with Crippen LogP contribution in [0.5, 0.6) is 5.75 Å². The zero-order valence-corrected chi connectivity index (χ0v) is 17.0. The van der Waals surface area contributed by atoms with Gasteiger partial charge in [0.15, 0.2) is 0 Å². The highest BCUT2D eigenvalue weighted by molar-refractivity contribution is 5.70. The van der Waals surface area contributed by atoms with Crippen LogP contribution in [0.2, 0.25) is 0 Å². The van der Waals surface area contributed by atoms with Gasteiger partial charge in [-0.2, -0.15) is 0 Å². The molecular formula is C24H30FNO2. The Labute approximate surface area is 167 Å². The summed E-state index contributed by atoms with van der Waals surface area (Å²) >= 11 is 0. The molecule has 0 aliphatic heterocycles. The van der Waals surface area contributed by atoms with Gasteiger partial charge < -0.3 is 14.8 Å². The standard InChI is InChI=1S/C24H30FNO2/c1-4-5-6-9-19(2)24(18-27-17-16-26-3)28-23-11-8-7-10-22(23)20-12-14-21(25)15-13-20/h5-15,24,26H,4,16-18H2,1-3H3/b6-5-,19-9+/t24-/m1/s1. The molecule has 0 amide bonds. The molecule has 4 heteroatoms.